The van der Waals surface area contributed by atoms with Crippen molar-refractivity contribution in [3.8, 4) is 5.75 Å². The molecule has 1 aromatic rings. The van der Waals surface area contributed by atoms with Crippen LogP contribution in [0.25, 0.3) is 0 Å². The highest BCUT2D eigenvalue weighted by Gasteiger charge is 2.49. The molecule has 2 aliphatic heterocycles. The Kier molecular flexibility index (Phi) is 14.5. The predicted octanol–water partition coefficient (Wildman–Crippen LogP) is 2.24. The van der Waals surface area contributed by atoms with Crippen LogP contribution in [0.1, 0.15) is 74.7 Å². The number of cyclic esters (lactones) is 1. The van der Waals surface area contributed by atoms with Crippen molar-refractivity contribution in [3.63, 3.8) is 0 Å². The summed E-state index contributed by atoms with van der Waals surface area (Å²) in [5, 5.41) is 63.7. The van der Waals surface area contributed by atoms with Crippen LogP contribution in [0.4, 0.5) is 10.5 Å². The Labute approximate surface area is 296 Å². The maximum atomic E-state index is 13.4. The number of methoxy groups -OCH3 is 1. The van der Waals surface area contributed by atoms with Gasteiger partial charge in [-0.25, -0.2) is 4.79 Å². The Morgan fingerprint density at radius 3 is 2.38 bits per heavy atom. The molecule has 14 nitrogen and oxygen atoms in total. The van der Waals surface area contributed by atoms with E-state index in [1.54, 1.807) is 65.9 Å². The number of aliphatic hydroxyl groups is 5. The van der Waals surface area contributed by atoms with Gasteiger partial charge in [0.2, 0.25) is 0 Å². The number of amides is 2. The average molecular weight is 712 g/mol. The van der Waals surface area contributed by atoms with Crippen LogP contribution in [-0.2, 0) is 19.0 Å². The summed E-state index contributed by atoms with van der Waals surface area (Å²) in [7, 11) is 3.09. The minimum absolute atomic E-state index is 0.155. The fourth-order valence-corrected chi connectivity index (χ4v) is 7.30. The summed E-state index contributed by atoms with van der Waals surface area (Å²) in [6, 6.07) is 5.06. The first-order valence-electron chi connectivity index (χ1n) is 17.7. The predicted molar refractivity (Wildman–Crippen MR) is 186 cm³/mol. The zero-order valence-corrected chi connectivity index (χ0v) is 31.2. The van der Waals surface area contributed by atoms with E-state index in [9.17, 15) is 35.1 Å². The number of rotatable bonds is 6. The number of carbonyl (C=O) groups excluding carboxylic acids is 2. The number of hydrogen-bond donors (Lipinski definition) is 7. The van der Waals surface area contributed by atoms with Crippen LogP contribution in [0.2, 0.25) is 0 Å². The molecule has 14 atom stereocenters. The molecule has 0 radical (unpaired) electrons. The molecule has 2 amide bonds. The SMILES string of the molecule is CC[C@H]1OC(=O)[C@H](C)[C@@H](O)[C@H](C)[C@@H](O[C@@H]2O[C@H](C)C[C@H](N(C)C(=O)Nc3cccc(OC)c3)[C@H]2O)[C@](C)(O)C[C@@H](C)CN[C@H](C)[C@@H](O)[C@]1(C)O. The minimum Gasteiger partial charge on any atom is -0.497 e. The van der Waals surface area contributed by atoms with Gasteiger partial charge in [0.1, 0.15) is 29.7 Å². The van der Waals surface area contributed by atoms with Gasteiger partial charge < -0.3 is 60.0 Å². The molecule has 1 aromatic carbocycles. The highest BCUT2D eigenvalue weighted by atomic mass is 16.7. The Morgan fingerprint density at radius 1 is 1.10 bits per heavy atom. The van der Waals surface area contributed by atoms with E-state index in [2.05, 4.69) is 10.6 Å². The molecule has 0 saturated carbocycles. The van der Waals surface area contributed by atoms with Crippen LogP contribution in [0.3, 0.4) is 0 Å². The molecule has 14 heteroatoms. The lowest BCUT2D eigenvalue weighted by Gasteiger charge is -2.47. The summed E-state index contributed by atoms with van der Waals surface area (Å²) in [6.07, 6.45) is -7.40. The van der Waals surface area contributed by atoms with Crippen LogP contribution in [0.5, 0.6) is 5.75 Å². The fraction of sp³-hybridized carbons (Fsp3) is 0.778. The summed E-state index contributed by atoms with van der Waals surface area (Å²) in [6.45, 7) is 13.6. The highest BCUT2D eigenvalue weighted by molar-refractivity contribution is 5.89. The second-order valence-corrected chi connectivity index (χ2v) is 14.9. The molecule has 7 N–H and O–H groups in total. The fourth-order valence-electron chi connectivity index (χ4n) is 7.30. The van der Waals surface area contributed by atoms with Crippen LogP contribution in [0.15, 0.2) is 24.3 Å². The Balaban J connectivity index is 1.92. The van der Waals surface area contributed by atoms with E-state index in [1.165, 1.54) is 25.9 Å². The lowest BCUT2D eigenvalue weighted by Crippen LogP contribution is -2.60. The number of urea groups is 1. The molecule has 2 saturated heterocycles. The molecule has 0 spiro atoms. The van der Waals surface area contributed by atoms with Gasteiger partial charge in [0.25, 0.3) is 0 Å². The minimum atomic E-state index is -1.80. The zero-order valence-electron chi connectivity index (χ0n) is 31.2. The Morgan fingerprint density at radius 2 is 1.76 bits per heavy atom. The number of carbonyl (C=O) groups is 2. The summed E-state index contributed by atoms with van der Waals surface area (Å²) in [5.74, 6) is -2.45. The van der Waals surface area contributed by atoms with Gasteiger partial charge in [0.05, 0.1) is 43.0 Å². The lowest BCUT2D eigenvalue weighted by atomic mass is 9.78. The van der Waals surface area contributed by atoms with Crippen molar-refractivity contribution >= 4 is 17.7 Å². The second kappa shape index (κ2) is 17.3. The molecule has 2 fully saturated rings. The number of ether oxygens (including phenoxy) is 4. The number of anilines is 1. The van der Waals surface area contributed by atoms with Crippen LogP contribution >= 0.6 is 0 Å². The largest absolute Gasteiger partial charge is 0.497 e. The number of nitrogens with one attached hydrogen (secondary N) is 2. The van der Waals surface area contributed by atoms with Gasteiger partial charge >= 0.3 is 12.0 Å². The standard InChI is InChI=1S/C36H61N3O11/c1-11-27-36(8,46)30(42)23(6)37-18-19(2)17-35(7,45)31(21(4)28(40)22(5)32(43)49-27)50-33-29(41)26(15-20(3)48-33)39(9)34(44)38-24-13-12-14-25(16-24)47-10/h12-14,16,19-23,26-31,33,37,40-42,45-46H,11,15,17-18H2,1-10H3,(H,38,44)/t19-,20-,21+,22-,23-,26+,27-,28+,29-,30-,31-,33+,35-,36-/m1/s1. The van der Waals surface area contributed by atoms with Crippen molar-refractivity contribution in [2.45, 2.75) is 141 Å². The maximum absolute atomic E-state index is 13.4. The van der Waals surface area contributed by atoms with E-state index in [1.807, 2.05) is 6.92 Å². The quantitative estimate of drug-likeness (QED) is 0.213. The molecule has 0 aliphatic carbocycles. The molecule has 3 rings (SSSR count). The maximum Gasteiger partial charge on any atom is 0.321 e. The van der Waals surface area contributed by atoms with Crippen molar-refractivity contribution in [1.82, 2.24) is 10.2 Å². The first-order valence-corrected chi connectivity index (χ1v) is 17.7. The number of hydrogen-bond acceptors (Lipinski definition) is 12. The molecule has 286 valence electrons. The van der Waals surface area contributed by atoms with Gasteiger partial charge in [-0.05, 0) is 78.5 Å². The third-order valence-corrected chi connectivity index (χ3v) is 10.4. The van der Waals surface area contributed by atoms with Crippen LogP contribution in [0, 0.1) is 17.8 Å². The number of nitrogens with zero attached hydrogens (tertiary/aromatic N) is 1. The summed E-state index contributed by atoms with van der Waals surface area (Å²) in [4.78, 5) is 28.1. The average Bonchev–Trinajstić information content (AvgIpc) is 3.06. The topological polar surface area (TPSA) is 200 Å². The molecule has 0 unspecified atom stereocenters. The van der Waals surface area contributed by atoms with Crippen molar-refractivity contribution in [3.05, 3.63) is 24.3 Å². The molecule has 2 heterocycles. The number of aliphatic hydroxyl groups excluding tert-OH is 3. The van der Waals surface area contributed by atoms with E-state index in [0.717, 1.165) is 0 Å². The van der Waals surface area contributed by atoms with E-state index in [4.69, 9.17) is 18.9 Å². The van der Waals surface area contributed by atoms with Crippen molar-refractivity contribution in [2.24, 2.45) is 17.8 Å². The summed E-state index contributed by atoms with van der Waals surface area (Å²) in [5.41, 5.74) is -2.92. The number of likely N-dealkylation sites (N-methyl/N-ethyl adjacent to an activating group) is 1. The van der Waals surface area contributed by atoms with Gasteiger partial charge in [-0.2, -0.15) is 0 Å². The van der Waals surface area contributed by atoms with E-state index in [0.29, 0.717) is 24.4 Å². The van der Waals surface area contributed by atoms with E-state index >= 15 is 0 Å². The summed E-state index contributed by atoms with van der Waals surface area (Å²) < 4.78 is 23.4. The van der Waals surface area contributed by atoms with Gasteiger partial charge in [-0.15, -0.1) is 0 Å². The van der Waals surface area contributed by atoms with Crippen molar-refractivity contribution < 1.29 is 54.1 Å². The van der Waals surface area contributed by atoms with Crippen molar-refractivity contribution in [2.75, 3.05) is 26.0 Å². The highest BCUT2D eigenvalue weighted by Crippen LogP contribution is 2.36. The molecular weight excluding hydrogens is 650 g/mol. The van der Waals surface area contributed by atoms with Crippen LogP contribution < -0.4 is 15.4 Å². The van der Waals surface area contributed by atoms with Gasteiger partial charge in [0, 0.05) is 30.8 Å². The van der Waals surface area contributed by atoms with Gasteiger partial charge in [0.15, 0.2) is 6.29 Å². The Bertz CT molecular complexity index is 1270. The molecular formula is C36H61N3O11. The van der Waals surface area contributed by atoms with Crippen molar-refractivity contribution in [1.29, 1.82) is 0 Å². The smallest absolute Gasteiger partial charge is 0.321 e. The lowest BCUT2D eigenvalue weighted by molar-refractivity contribution is -0.298. The molecule has 2 aliphatic rings. The van der Waals surface area contributed by atoms with Crippen LogP contribution in [-0.4, -0.2) is 129 Å². The zero-order chi connectivity index (χ0) is 37.7. The van der Waals surface area contributed by atoms with Gasteiger partial charge in [-0.3, -0.25) is 4.79 Å². The monoisotopic (exact) mass is 711 g/mol. The van der Waals surface area contributed by atoms with Gasteiger partial charge in [-0.1, -0.05) is 26.8 Å². The number of benzene rings is 1. The first kappa shape index (κ1) is 41.9. The Hall–Kier alpha value is -2.56. The number of esters is 1. The normalized spacial score (nSPS) is 40.9. The summed E-state index contributed by atoms with van der Waals surface area (Å²) >= 11 is 0. The first-order chi connectivity index (χ1) is 23.2. The van der Waals surface area contributed by atoms with E-state index in [-0.39, 0.29) is 18.8 Å². The molecule has 0 bridgehead atoms. The molecule has 0 aromatic heterocycles. The molecule has 50 heavy (non-hydrogen) atoms. The third-order valence-electron chi connectivity index (χ3n) is 10.4. The van der Waals surface area contributed by atoms with E-state index < -0.39 is 90.0 Å². The third kappa shape index (κ3) is 9.85. The second-order valence-electron chi connectivity index (χ2n) is 14.9.